The summed E-state index contributed by atoms with van der Waals surface area (Å²) in [5, 5.41) is 3.57. The van der Waals surface area contributed by atoms with Crippen molar-refractivity contribution >= 4 is 11.3 Å². The lowest BCUT2D eigenvalue weighted by atomic mass is 9.98. The molecule has 0 bridgehead atoms. The van der Waals surface area contributed by atoms with E-state index in [1.165, 1.54) is 29.0 Å². The molecule has 0 aliphatic carbocycles. The van der Waals surface area contributed by atoms with Gasteiger partial charge in [-0.3, -0.25) is 0 Å². The predicted molar refractivity (Wildman–Crippen MR) is 83.7 cm³/mol. The molecule has 0 spiro atoms. The van der Waals surface area contributed by atoms with Crippen LogP contribution in [0.4, 0.5) is 0 Å². The highest BCUT2D eigenvalue weighted by Gasteiger charge is 2.10. The van der Waals surface area contributed by atoms with E-state index in [2.05, 4.69) is 52.9 Å². The number of aryl methyl sites for hydroxylation is 3. The first-order valence-electron chi connectivity index (χ1n) is 7.09. The normalized spacial score (nSPS) is 13.9. The third-order valence-electron chi connectivity index (χ3n) is 3.34. The van der Waals surface area contributed by atoms with Crippen LogP contribution in [0.2, 0.25) is 0 Å². The van der Waals surface area contributed by atoms with E-state index in [1.807, 2.05) is 11.3 Å². The number of hydrogen-bond donors (Lipinski definition) is 1. The summed E-state index contributed by atoms with van der Waals surface area (Å²) in [6, 6.07) is 2.36. The Labute approximate surface area is 117 Å². The summed E-state index contributed by atoms with van der Waals surface area (Å²) in [4.78, 5) is 2.96. The molecule has 0 aliphatic rings. The SMILES string of the molecule is Cc1cc(CCC(C)CCNC(C)(C)C)c(C)s1. The van der Waals surface area contributed by atoms with Crippen LogP contribution in [0.1, 0.15) is 55.9 Å². The van der Waals surface area contributed by atoms with Crippen LogP contribution in [-0.4, -0.2) is 12.1 Å². The fourth-order valence-corrected chi connectivity index (χ4v) is 3.15. The monoisotopic (exact) mass is 267 g/mol. The van der Waals surface area contributed by atoms with Gasteiger partial charge >= 0.3 is 0 Å². The van der Waals surface area contributed by atoms with Crippen molar-refractivity contribution in [2.75, 3.05) is 6.54 Å². The molecule has 0 saturated heterocycles. The Kier molecular flexibility index (Phi) is 5.87. The molecule has 0 saturated carbocycles. The molecule has 0 aromatic carbocycles. The molecule has 0 amide bonds. The Morgan fingerprint density at radius 1 is 1.22 bits per heavy atom. The van der Waals surface area contributed by atoms with Gasteiger partial charge in [0.2, 0.25) is 0 Å². The second kappa shape index (κ2) is 6.72. The first-order chi connectivity index (χ1) is 8.28. The standard InChI is InChI=1S/C16H29NS/c1-12(9-10-17-16(4,5)6)7-8-15-11-13(2)18-14(15)3/h11-12,17H,7-10H2,1-6H3. The first-order valence-corrected chi connectivity index (χ1v) is 7.90. The Balaban J connectivity index is 2.25. The zero-order chi connectivity index (χ0) is 13.8. The van der Waals surface area contributed by atoms with Crippen LogP contribution < -0.4 is 5.32 Å². The fourth-order valence-electron chi connectivity index (χ4n) is 2.17. The Bertz CT molecular complexity index is 360. The molecule has 1 unspecified atom stereocenters. The highest BCUT2D eigenvalue weighted by molar-refractivity contribution is 7.12. The summed E-state index contributed by atoms with van der Waals surface area (Å²) in [6.07, 6.45) is 3.83. The van der Waals surface area contributed by atoms with E-state index in [-0.39, 0.29) is 5.54 Å². The zero-order valence-corrected chi connectivity index (χ0v) is 13.7. The smallest absolute Gasteiger partial charge is 0.00965 e. The number of rotatable bonds is 6. The summed E-state index contributed by atoms with van der Waals surface area (Å²) in [7, 11) is 0. The van der Waals surface area contributed by atoms with E-state index in [0.29, 0.717) is 0 Å². The maximum absolute atomic E-state index is 3.57. The van der Waals surface area contributed by atoms with Gasteiger partial charge in [-0.05, 0) is 78.0 Å². The van der Waals surface area contributed by atoms with Crippen molar-refractivity contribution in [1.82, 2.24) is 5.32 Å². The van der Waals surface area contributed by atoms with Gasteiger partial charge in [-0.25, -0.2) is 0 Å². The molecule has 18 heavy (non-hydrogen) atoms. The predicted octanol–water partition coefficient (Wildman–Crippen LogP) is 4.71. The molecule has 0 aliphatic heterocycles. The van der Waals surface area contributed by atoms with Crippen LogP contribution >= 0.6 is 11.3 Å². The minimum atomic E-state index is 0.251. The van der Waals surface area contributed by atoms with Crippen molar-refractivity contribution in [2.24, 2.45) is 5.92 Å². The van der Waals surface area contributed by atoms with Crippen LogP contribution in [0, 0.1) is 19.8 Å². The van der Waals surface area contributed by atoms with Gasteiger partial charge in [0.1, 0.15) is 0 Å². The van der Waals surface area contributed by atoms with Crippen molar-refractivity contribution < 1.29 is 0 Å². The molecular formula is C16H29NS. The van der Waals surface area contributed by atoms with Crippen LogP contribution in [-0.2, 0) is 6.42 Å². The van der Waals surface area contributed by atoms with Gasteiger partial charge < -0.3 is 5.32 Å². The summed E-state index contributed by atoms with van der Waals surface area (Å²) in [6.45, 7) is 14.7. The number of hydrogen-bond acceptors (Lipinski definition) is 2. The van der Waals surface area contributed by atoms with Crippen molar-refractivity contribution in [3.63, 3.8) is 0 Å². The fraction of sp³-hybridized carbons (Fsp3) is 0.750. The molecule has 0 fully saturated rings. The van der Waals surface area contributed by atoms with Gasteiger partial charge in [-0.15, -0.1) is 11.3 Å². The zero-order valence-electron chi connectivity index (χ0n) is 12.9. The maximum atomic E-state index is 3.57. The second-order valence-corrected chi connectivity index (χ2v) is 8.01. The molecule has 0 radical (unpaired) electrons. The lowest BCUT2D eigenvalue weighted by molar-refractivity contribution is 0.386. The van der Waals surface area contributed by atoms with E-state index in [0.717, 1.165) is 12.5 Å². The Morgan fingerprint density at radius 2 is 1.89 bits per heavy atom. The third-order valence-corrected chi connectivity index (χ3v) is 4.35. The summed E-state index contributed by atoms with van der Waals surface area (Å²) < 4.78 is 0. The lowest BCUT2D eigenvalue weighted by Gasteiger charge is -2.22. The summed E-state index contributed by atoms with van der Waals surface area (Å²) in [5.41, 5.74) is 1.81. The summed E-state index contributed by atoms with van der Waals surface area (Å²) in [5.74, 6) is 0.805. The highest BCUT2D eigenvalue weighted by atomic mass is 32.1. The van der Waals surface area contributed by atoms with Crippen LogP contribution in [0.5, 0.6) is 0 Å². The van der Waals surface area contributed by atoms with E-state index in [4.69, 9.17) is 0 Å². The van der Waals surface area contributed by atoms with Crippen molar-refractivity contribution in [2.45, 2.75) is 66.3 Å². The molecule has 1 nitrogen and oxygen atoms in total. The molecule has 2 heteroatoms. The average molecular weight is 267 g/mol. The van der Waals surface area contributed by atoms with E-state index < -0.39 is 0 Å². The molecule has 1 aromatic rings. The van der Waals surface area contributed by atoms with E-state index >= 15 is 0 Å². The van der Waals surface area contributed by atoms with E-state index in [1.54, 1.807) is 5.56 Å². The second-order valence-electron chi connectivity index (χ2n) is 6.55. The highest BCUT2D eigenvalue weighted by Crippen LogP contribution is 2.23. The number of nitrogens with one attached hydrogen (secondary N) is 1. The topological polar surface area (TPSA) is 12.0 Å². The van der Waals surface area contributed by atoms with Gasteiger partial charge in [-0.1, -0.05) is 6.92 Å². The molecule has 1 atom stereocenters. The van der Waals surface area contributed by atoms with Gasteiger partial charge in [-0.2, -0.15) is 0 Å². The Morgan fingerprint density at radius 3 is 2.39 bits per heavy atom. The molecule has 1 rings (SSSR count). The molecule has 104 valence electrons. The van der Waals surface area contributed by atoms with Crippen molar-refractivity contribution in [3.05, 3.63) is 21.4 Å². The van der Waals surface area contributed by atoms with Gasteiger partial charge in [0, 0.05) is 15.3 Å². The van der Waals surface area contributed by atoms with E-state index in [9.17, 15) is 0 Å². The minimum Gasteiger partial charge on any atom is -0.312 e. The number of thiophene rings is 1. The van der Waals surface area contributed by atoms with Gasteiger partial charge in [0.25, 0.3) is 0 Å². The van der Waals surface area contributed by atoms with Crippen LogP contribution in [0.15, 0.2) is 6.07 Å². The molecular weight excluding hydrogens is 238 g/mol. The van der Waals surface area contributed by atoms with Crippen molar-refractivity contribution in [1.29, 1.82) is 0 Å². The Hall–Kier alpha value is -0.340. The largest absolute Gasteiger partial charge is 0.312 e. The average Bonchev–Trinajstić information content (AvgIpc) is 2.52. The van der Waals surface area contributed by atoms with Crippen molar-refractivity contribution in [3.8, 4) is 0 Å². The molecule has 1 aromatic heterocycles. The summed E-state index contributed by atoms with van der Waals surface area (Å²) >= 11 is 1.93. The first kappa shape index (κ1) is 15.7. The molecule has 1 heterocycles. The van der Waals surface area contributed by atoms with Gasteiger partial charge in [0.15, 0.2) is 0 Å². The van der Waals surface area contributed by atoms with Gasteiger partial charge in [0.05, 0.1) is 0 Å². The quantitative estimate of drug-likeness (QED) is 0.787. The van der Waals surface area contributed by atoms with Crippen LogP contribution in [0.3, 0.4) is 0 Å². The maximum Gasteiger partial charge on any atom is 0.00965 e. The minimum absolute atomic E-state index is 0.251. The third kappa shape index (κ3) is 6.01. The lowest BCUT2D eigenvalue weighted by Crippen LogP contribution is -2.36. The molecule has 1 N–H and O–H groups in total. The van der Waals surface area contributed by atoms with Crippen LogP contribution in [0.25, 0.3) is 0 Å².